The van der Waals surface area contributed by atoms with Gasteiger partial charge in [0.05, 0.1) is 0 Å². The molecule has 3 aromatic rings. The molecule has 0 unspecified atom stereocenters. The van der Waals surface area contributed by atoms with E-state index in [0.29, 0.717) is 17.7 Å². The number of halogens is 2. The number of anilines is 1. The zero-order valence-corrected chi connectivity index (χ0v) is 14.3. The van der Waals surface area contributed by atoms with Crippen LogP contribution < -0.4 is 5.32 Å². The van der Waals surface area contributed by atoms with E-state index in [9.17, 15) is 8.78 Å². The number of aryl methyl sites for hydroxylation is 1. The summed E-state index contributed by atoms with van der Waals surface area (Å²) in [6.45, 7) is 3.41. The lowest BCUT2D eigenvalue weighted by Crippen LogP contribution is -2.07. The molecule has 0 saturated heterocycles. The van der Waals surface area contributed by atoms with Crippen LogP contribution in [0.25, 0.3) is 21.9 Å². The van der Waals surface area contributed by atoms with Gasteiger partial charge < -0.3 is 10.1 Å². The molecule has 0 aliphatic heterocycles. The Morgan fingerprint density at radius 2 is 1.88 bits per heavy atom. The highest BCUT2D eigenvalue weighted by Crippen LogP contribution is 2.34. The topological polar surface area (TPSA) is 34.1 Å². The van der Waals surface area contributed by atoms with Crippen molar-refractivity contribution in [2.45, 2.75) is 13.3 Å². The van der Waals surface area contributed by atoms with Gasteiger partial charge in [0.2, 0.25) is 0 Å². The lowest BCUT2D eigenvalue weighted by molar-refractivity contribution is 0.198. The van der Waals surface area contributed by atoms with Crippen molar-refractivity contribution in [2.75, 3.05) is 25.6 Å². The van der Waals surface area contributed by atoms with Crippen molar-refractivity contribution in [3.63, 3.8) is 0 Å². The van der Waals surface area contributed by atoms with Gasteiger partial charge in [0.15, 0.2) is 0 Å². The molecule has 1 aromatic heterocycles. The van der Waals surface area contributed by atoms with E-state index in [1.807, 2.05) is 25.1 Å². The Kier molecular flexibility index (Phi) is 5.24. The molecule has 0 spiro atoms. The maximum Gasteiger partial charge on any atom is 0.134 e. The maximum absolute atomic E-state index is 13.6. The van der Waals surface area contributed by atoms with E-state index in [2.05, 4.69) is 10.3 Å². The standard InChI is InChI=1S/C20H20F2N2O/c1-13-5-3-6-17-18(14-9-15(21)11-16(22)10-14)12-24-20(19(13)17)23-7-4-8-25-2/h3,5-6,9-12H,4,7-8H2,1-2H3,(H,23,24). The Morgan fingerprint density at radius 3 is 2.60 bits per heavy atom. The molecular weight excluding hydrogens is 322 g/mol. The second-order valence-corrected chi connectivity index (χ2v) is 5.95. The lowest BCUT2D eigenvalue weighted by atomic mass is 9.97. The fourth-order valence-corrected chi connectivity index (χ4v) is 2.97. The van der Waals surface area contributed by atoms with E-state index in [-0.39, 0.29) is 0 Å². The first-order valence-electron chi connectivity index (χ1n) is 8.17. The summed E-state index contributed by atoms with van der Waals surface area (Å²) in [5, 5.41) is 5.20. The number of pyridine rings is 1. The van der Waals surface area contributed by atoms with Gasteiger partial charge in [-0.25, -0.2) is 13.8 Å². The zero-order valence-electron chi connectivity index (χ0n) is 14.3. The molecular formula is C20H20F2N2O. The fourth-order valence-electron chi connectivity index (χ4n) is 2.97. The van der Waals surface area contributed by atoms with Crippen molar-refractivity contribution in [1.29, 1.82) is 0 Å². The van der Waals surface area contributed by atoms with E-state index in [1.54, 1.807) is 13.3 Å². The van der Waals surface area contributed by atoms with Crippen molar-refractivity contribution >= 4 is 16.6 Å². The molecule has 130 valence electrons. The Bertz CT molecular complexity index is 876. The third-order valence-corrected chi connectivity index (χ3v) is 4.11. The van der Waals surface area contributed by atoms with E-state index in [1.165, 1.54) is 12.1 Å². The number of methoxy groups -OCH3 is 1. The van der Waals surface area contributed by atoms with Crippen LogP contribution in [0.5, 0.6) is 0 Å². The van der Waals surface area contributed by atoms with Crippen LogP contribution in [0.3, 0.4) is 0 Å². The smallest absolute Gasteiger partial charge is 0.134 e. The van der Waals surface area contributed by atoms with Gasteiger partial charge in [-0.3, -0.25) is 0 Å². The van der Waals surface area contributed by atoms with Crippen LogP contribution in [0, 0.1) is 18.6 Å². The molecule has 0 aliphatic rings. The molecule has 1 heterocycles. The zero-order chi connectivity index (χ0) is 17.8. The monoisotopic (exact) mass is 342 g/mol. The minimum Gasteiger partial charge on any atom is -0.385 e. The van der Waals surface area contributed by atoms with E-state index in [4.69, 9.17) is 4.74 Å². The van der Waals surface area contributed by atoms with Gasteiger partial charge in [-0.1, -0.05) is 18.2 Å². The van der Waals surface area contributed by atoms with Gasteiger partial charge in [-0.15, -0.1) is 0 Å². The average Bonchev–Trinajstić information content (AvgIpc) is 2.58. The molecule has 0 fully saturated rings. The molecule has 0 bridgehead atoms. The van der Waals surface area contributed by atoms with Crippen molar-refractivity contribution in [3.8, 4) is 11.1 Å². The summed E-state index contributed by atoms with van der Waals surface area (Å²) in [5.74, 6) is -0.431. The number of rotatable bonds is 6. The number of benzene rings is 2. The van der Waals surface area contributed by atoms with Crippen molar-refractivity contribution in [2.24, 2.45) is 0 Å². The highest BCUT2D eigenvalue weighted by atomic mass is 19.1. The van der Waals surface area contributed by atoms with Gasteiger partial charge in [0.1, 0.15) is 17.5 Å². The van der Waals surface area contributed by atoms with Crippen LogP contribution in [-0.2, 0) is 4.74 Å². The number of fused-ring (bicyclic) bond motifs is 1. The summed E-state index contributed by atoms with van der Waals surface area (Å²) in [5.41, 5.74) is 2.24. The molecule has 0 atom stereocenters. The third kappa shape index (κ3) is 3.77. The number of aromatic nitrogens is 1. The van der Waals surface area contributed by atoms with Crippen LogP contribution in [0.15, 0.2) is 42.6 Å². The predicted molar refractivity (Wildman–Crippen MR) is 96.8 cm³/mol. The van der Waals surface area contributed by atoms with Crippen LogP contribution in [0.4, 0.5) is 14.6 Å². The molecule has 3 nitrogen and oxygen atoms in total. The molecule has 25 heavy (non-hydrogen) atoms. The third-order valence-electron chi connectivity index (χ3n) is 4.11. The van der Waals surface area contributed by atoms with Crippen molar-refractivity contribution in [1.82, 2.24) is 4.98 Å². The molecule has 3 rings (SSSR count). The SMILES string of the molecule is COCCCNc1ncc(-c2cc(F)cc(F)c2)c2cccc(C)c12. The normalized spacial score (nSPS) is 11.0. The quantitative estimate of drug-likeness (QED) is 0.645. The van der Waals surface area contributed by atoms with Crippen molar-refractivity contribution in [3.05, 3.63) is 59.8 Å². The summed E-state index contributed by atoms with van der Waals surface area (Å²) in [4.78, 5) is 4.50. The second-order valence-electron chi connectivity index (χ2n) is 5.95. The van der Waals surface area contributed by atoms with Crippen molar-refractivity contribution < 1.29 is 13.5 Å². The molecule has 0 saturated carbocycles. The molecule has 0 amide bonds. The maximum atomic E-state index is 13.6. The van der Waals surface area contributed by atoms with Crippen LogP contribution in [-0.4, -0.2) is 25.2 Å². The van der Waals surface area contributed by atoms with Crippen LogP contribution >= 0.6 is 0 Å². The van der Waals surface area contributed by atoms with Gasteiger partial charge in [-0.05, 0) is 42.0 Å². The fraction of sp³-hybridized carbons (Fsp3) is 0.250. The predicted octanol–water partition coefficient (Wildman–Crippen LogP) is 4.94. The molecule has 2 aromatic carbocycles. The Hall–Kier alpha value is -2.53. The number of hydrogen-bond acceptors (Lipinski definition) is 3. The Balaban J connectivity index is 2.08. The first kappa shape index (κ1) is 17.3. The molecule has 1 N–H and O–H groups in total. The number of nitrogens with zero attached hydrogens (tertiary/aromatic N) is 1. The van der Waals surface area contributed by atoms with E-state index in [0.717, 1.165) is 41.2 Å². The second kappa shape index (κ2) is 7.57. The number of hydrogen-bond donors (Lipinski definition) is 1. The summed E-state index contributed by atoms with van der Waals surface area (Å²) in [7, 11) is 1.67. The lowest BCUT2D eigenvalue weighted by Gasteiger charge is -2.14. The average molecular weight is 342 g/mol. The molecule has 0 aliphatic carbocycles. The van der Waals surface area contributed by atoms with Crippen LogP contribution in [0.2, 0.25) is 0 Å². The Morgan fingerprint density at radius 1 is 1.12 bits per heavy atom. The molecule has 5 heteroatoms. The summed E-state index contributed by atoms with van der Waals surface area (Å²) in [6, 6.07) is 9.41. The number of ether oxygens (including phenoxy) is 1. The first-order valence-corrected chi connectivity index (χ1v) is 8.17. The highest BCUT2D eigenvalue weighted by Gasteiger charge is 2.12. The Labute approximate surface area is 145 Å². The van der Waals surface area contributed by atoms with Gasteiger partial charge in [-0.2, -0.15) is 0 Å². The van der Waals surface area contributed by atoms with E-state index < -0.39 is 11.6 Å². The van der Waals surface area contributed by atoms with E-state index >= 15 is 0 Å². The first-order chi connectivity index (χ1) is 12.1. The number of nitrogens with one attached hydrogen (secondary N) is 1. The molecule has 0 radical (unpaired) electrons. The minimum atomic E-state index is -0.599. The largest absolute Gasteiger partial charge is 0.385 e. The van der Waals surface area contributed by atoms with Gasteiger partial charge >= 0.3 is 0 Å². The summed E-state index contributed by atoms with van der Waals surface area (Å²) >= 11 is 0. The summed E-state index contributed by atoms with van der Waals surface area (Å²) in [6.07, 6.45) is 2.52. The van der Waals surface area contributed by atoms with Gasteiger partial charge in [0.25, 0.3) is 0 Å². The van der Waals surface area contributed by atoms with Crippen LogP contribution in [0.1, 0.15) is 12.0 Å². The summed E-state index contributed by atoms with van der Waals surface area (Å²) < 4.78 is 32.3. The van der Waals surface area contributed by atoms with Gasteiger partial charge in [0, 0.05) is 43.5 Å². The minimum absolute atomic E-state index is 0.478. The highest BCUT2D eigenvalue weighted by molar-refractivity contribution is 6.03.